The number of halogens is 2. The first-order valence-corrected chi connectivity index (χ1v) is 11.6. The van der Waals surface area contributed by atoms with Crippen molar-refractivity contribution in [3.63, 3.8) is 0 Å². The number of imidazole rings is 1. The zero-order valence-corrected chi connectivity index (χ0v) is 20.2. The van der Waals surface area contributed by atoms with Crippen molar-refractivity contribution in [3.05, 3.63) is 35.1 Å². The van der Waals surface area contributed by atoms with E-state index in [0.29, 0.717) is 5.02 Å². The van der Waals surface area contributed by atoms with Gasteiger partial charge in [-0.05, 0) is 38.4 Å². The van der Waals surface area contributed by atoms with Crippen LogP contribution in [0.2, 0.25) is 5.02 Å². The van der Waals surface area contributed by atoms with E-state index in [1.54, 1.807) is 0 Å². The molecule has 0 amide bonds. The van der Waals surface area contributed by atoms with E-state index in [0.717, 1.165) is 93.0 Å². The summed E-state index contributed by atoms with van der Waals surface area (Å²) in [6.07, 6.45) is 1.88. The molecule has 0 bridgehead atoms. The van der Waals surface area contributed by atoms with Gasteiger partial charge >= 0.3 is 0 Å². The van der Waals surface area contributed by atoms with Crippen molar-refractivity contribution < 1.29 is 4.74 Å². The fraction of sp³-hybridized carbons (Fsp3) is 0.522. The minimum Gasteiger partial charge on any atom is -0.381 e. The third-order valence-electron chi connectivity index (χ3n) is 6.42. The summed E-state index contributed by atoms with van der Waals surface area (Å²) in [5.41, 5.74) is 2.72. The van der Waals surface area contributed by atoms with Crippen LogP contribution in [0.3, 0.4) is 0 Å². The second-order valence-electron chi connectivity index (χ2n) is 8.32. The smallest absolute Gasteiger partial charge is 0.166 e. The van der Waals surface area contributed by atoms with Crippen LogP contribution in [0.25, 0.3) is 22.6 Å². The summed E-state index contributed by atoms with van der Waals surface area (Å²) in [5.74, 6) is 2.59. The Morgan fingerprint density at radius 1 is 1.03 bits per heavy atom. The minimum absolute atomic E-state index is 0. The molecule has 0 N–H and O–H groups in total. The van der Waals surface area contributed by atoms with Gasteiger partial charge in [-0.1, -0.05) is 30.7 Å². The van der Waals surface area contributed by atoms with Gasteiger partial charge in [-0.2, -0.15) is 0 Å². The highest BCUT2D eigenvalue weighted by atomic mass is 35.5. The van der Waals surface area contributed by atoms with Gasteiger partial charge in [-0.25, -0.2) is 15.0 Å². The average Bonchev–Trinajstić information content (AvgIpc) is 3.18. The Labute approximate surface area is 200 Å². The van der Waals surface area contributed by atoms with Crippen LogP contribution in [0.15, 0.2) is 24.3 Å². The van der Waals surface area contributed by atoms with Gasteiger partial charge in [-0.15, -0.1) is 12.4 Å². The van der Waals surface area contributed by atoms with Crippen LogP contribution in [0.4, 0.5) is 5.82 Å². The van der Waals surface area contributed by atoms with Crippen molar-refractivity contribution in [2.45, 2.75) is 32.7 Å². The molecular weight excluding hydrogens is 447 g/mol. The number of rotatable bonds is 4. The minimum atomic E-state index is 0. The predicted octanol–water partition coefficient (Wildman–Crippen LogP) is 4.37. The Bertz CT molecular complexity index is 1070. The normalized spacial score (nSPS) is 18.2. The number of aryl methyl sites for hydroxylation is 1. The molecule has 2 fully saturated rings. The Morgan fingerprint density at radius 2 is 1.75 bits per heavy atom. The van der Waals surface area contributed by atoms with E-state index in [4.69, 9.17) is 31.3 Å². The number of nitrogens with zero attached hydrogens (tertiary/aromatic N) is 6. The van der Waals surface area contributed by atoms with Crippen LogP contribution in [0.1, 0.15) is 31.6 Å². The Kier molecular flexibility index (Phi) is 7.20. The Hall–Kier alpha value is -1.93. The molecule has 172 valence electrons. The molecule has 0 unspecified atom stereocenters. The summed E-state index contributed by atoms with van der Waals surface area (Å²) in [6.45, 7) is 10.8. The highest BCUT2D eigenvalue weighted by Gasteiger charge is 2.28. The molecule has 1 aromatic carbocycles. The number of likely N-dealkylation sites (N-methyl/N-ethyl adjacent to an activating group) is 1. The number of hydrogen-bond donors (Lipinski definition) is 0. The van der Waals surface area contributed by atoms with Gasteiger partial charge in [0.05, 0.1) is 5.02 Å². The highest BCUT2D eigenvalue weighted by molar-refractivity contribution is 6.33. The maximum Gasteiger partial charge on any atom is 0.166 e. The first kappa shape index (κ1) is 23.2. The van der Waals surface area contributed by atoms with E-state index in [1.807, 2.05) is 31.2 Å². The zero-order chi connectivity index (χ0) is 21.4. The van der Waals surface area contributed by atoms with Gasteiger partial charge in [-0.3, -0.25) is 0 Å². The summed E-state index contributed by atoms with van der Waals surface area (Å²) in [6, 6.07) is 8.21. The lowest BCUT2D eigenvalue weighted by atomic mass is 10.1. The number of fused-ring (bicyclic) bond motifs is 1. The fourth-order valence-electron chi connectivity index (χ4n) is 4.68. The monoisotopic (exact) mass is 476 g/mol. The fourth-order valence-corrected chi connectivity index (χ4v) is 4.90. The molecule has 0 atom stereocenters. The number of ether oxygens (including phenoxy) is 1. The molecule has 9 heteroatoms. The van der Waals surface area contributed by atoms with Gasteiger partial charge in [0.15, 0.2) is 17.0 Å². The number of piperazine rings is 1. The molecule has 0 saturated carbocycles. The van der Waals surface area contributed by atoms with Gasteiger partial charge < -0.3 is 19.1 Å². The van der Waals surface area contributed by atoms with Crippen molar-refractivity contribution in [2.24, 2.45) is 0 Å². The number of benzene rings is 1. The highest BCUT2D eigenvalue weighted by Crippen LogP contribution is 2.37. The number of hydrogen-bond acceptors (Lipinski definition) is 6. The topological polar surface area (TPSA) is 59.3 Å². The van der Waals surface area contributed by atoms with Gasteiger partial charge in [0.25, 0.3) is 0 Å². The van der Waals surface area contributed by atoms with Crippen molar-refractivity contribution >= 4 is 41.0 Å². The molecule has 7 nitrogen and oxygen atoms in total. The summed E-state index contributed by atoms with van der Waals surface area (Å²) < 4.78 is 7.93. The van der Waals surface area contributed by atoms with Crippen LogP contribution >= 0.6 is 24.0 Å². The molecule has 0 aliphatic carbocycles. The van der Waals surface area contributed by atoms with E-state index in [9.17, 15) is 0 Å². The van der Waals surface area contributed by atoms with Crippen LogP contribution in [0, 0.1) is 6.92 Å². The first-order chi connectivity index (χ1) is 15.2. The summed E-state index contributed by atoms with van der Waals surface area (Å²) in [7, 11) is 0. The molecule has 32 heavy (non-hydrogen) atoms. The summed E-state index contributed by atoms with van der Waals surface area (Å²) >= 11 is 6.62. The lowest BCUT2D eigenvalue weighted by Gasteiger charge is -2.34. The SMILES string of the molecule is CCN1CCN(c2nc(C)nc3c2nc(-c2ccccc2Cl)n3C2CCOCC2)CC1.Cl. The predicted molar refractivity (Wildman–Crippen MR) is 131 cm³/mol. The van der Waals surface area contributed by atoms with Crippen molar-refractivity contribution in [3.8, 4) is 11.4 Å². The molecule has 2 aliphatic heterocycles. The average molecular weight is 477 g/mol. The quantitative estimate of drug-likeness (QED) is 0.556. The van der Waals surface area contributed by atoms with Crippen molar-refractivity contribution in [2.75, 3.05) is 50.8 Å². The Morgan fingerprint density at radius 3 is 2.44 bits per heavy atom. The molecule has 0 spiro atoms. The molecule has 4 heterocycles. The maximum atomic E-state index is 6.62. The van der Waals surface area contributed by atoms with Gasteiger partial charge in [0, 0.05) is 51.0 Å². The largest absolute Gasteiger partial charge is 0.381 e. The number of anilines is 1. The first-order valence-electron chi connectivity index (χ1n) is 11.2. The molecule has 3 aromatic rings. The number of aromatic nitrogens is 4. The van der Waals surface area contributed by atoms with E-state index < -0.39 is 0 Å². The zero-order valence-electron chi connectivity index (χ0n) is 18.6. The van der Waals surface area contributed by atoms with Gasteiger partial charge in [0.2, 0.25) is 0 Å². The standard InChI is InChI=1S/C23H29ClN6O.ClH/c1-3-28-10-12-29(13-11-28)22-20-23(26-16(2)25-22)30(17-8-14-31-15-9-17)21(27-20)18-6-4-5-7-19(18)24;/h4-7,17H,3,8-15H2,1-2H3;1H. The van der Waals surface area contributed by atoms with Crippen LogP contribution in [-0.2, 0) is 4.74 Å². The van der Waals surface area contributed by atoms with Crippen LogP contribution < -0.4 is 4.90 Å². The molecule has 2 aromatic heterocycles. The Balaban J connectivity index is 0.00000245. The lowest BCUT2D eigenvalue weighted by molar-refractivity contribution is 0.0708. The van der Waals surface area contributed by atoms with Crippen molar-refractivity contribution in [1.82, 2.24) is 24.4 Å². The van der Waals surface area contributed by atoms with E-state index in [-0.39, 0.29) is 18.4 Å². The summed E-state index contributed by atoms with van der Waals surface area (Å²) in [4.78, 5) is 19.7. The van der Waals surface area contributed by atoms with Gasteiger partial charge in [0.1, 0.15) is 11.6 Å². The van der Waals surface area contributed by atoms with E-state index >= 15 is 0 Å². The van der Waals surface area contributed by atoms with Crippen molar-refractivity contribution in [1.29, 1.82) is 0 Å². The third-order valence-corrected chi connectivity index (χ3v) is 6.75. The van der Waals surface area contributed by atoms with Crippen LogP contribution in [-0.4, -0.2) is 70.4 Å². The summed E-state index contributed by atoms with van der Waals surface area (Å²) in [5, 5.41) is 0.703. The second kappa shape index (κ2) is 9.91. The lowest BCUT2D eigenvalue weighted by Crippen LogP contribution is -2.46. The second-order valence-corrected chi connectivity index (χ2v) is 8.72. The van der Waals surface area contributed by atoms with Crippen LogP contribution in [0.5, 0.6) is 0 Å². The molecule has 5 rings (SSSR count). The maximum absolute atomic E-state index is 6.62. The molecular formula is C23H30Cl2N6O. The van der Waals surface area contributed by atoms with E-state index in [2.05, 4.69) is 21.3 Å². The molecule has 2 saturated heterocycles. The van der Waals surface area contributed by atoms with E-state index in [1.165, 1.54) is 0 Å². The third kappa shape index (κ3) is 4.31. The molecule has 0 radical (unpaired) electrons. The molecule has 2 aliphatic rings.